The molecule has 0 heterocycles. The van der Waals surface area contributed by atoms with E-state index in [4.69, 9.17) is 5.26 Å². The quantitative estimate of drug-likeness (QED) is 0.682. The van der Waals surface area contributed by atoms with Crippen molar-refractivity contribution in [2.45, 2.75) is 20.3 Å². The molecule has 14 heavy (non-hydrogen) atoms. The highest BCUT2D eigenvalue weighted by Crippen LogP contribution is 2.10. The summed E-state index contributed by atoms with van der Waals surface area (Å²) in [6, 6.07) is 9.51. The maximum Gasteiger partial charge on any atom is 0.164 e. The number of Topliss-reactive ketones (excluding diaryl/α,β-unsaturated/α-hetero) is 1. The van der Waals surface area contributed by atoms with E-state index in [1.54, 1.807) is 13.0 Å². The van der Waals surface area contributed by atoms with Gasteiger partial charge >= 0.3 is 0 Å². The van der Waals surface area contributed by atoms with Crippen LogP contribution >= 0.6 is 0 Å². The Hall–Kier alpha value is -1.62. The smallest absolute Gasteiger partial charge is 0.164 e. The van der Waals surface area contributed by atoms with E-state index in [0.717, 1.165) is 5.56 Å². The van der Waals surface area contributed by atoms with Crippen LogP contribution in [-0.4, -0.2) is 5.78 Å². The van der Waals surface area contributed by atoms with E-state index in [9.17, 15) is 4.79 Å². The number of benzene rings is 1. The predicted molar refractivity (Wildman–Crippen MR) is 54.9 cm³/mol. The summed E-state index contributed by atoms with van der Waals surface area (Å²) in [5, 5.41) is 8.58. The molecule has 1 aromatic rings. The summed E-state index contributed by atoms with van der Waals surface area (Å²) in [4.78, 5) is 11.6. The number of carbonyl (C=O) groups is 1. The van der Waals surface area contributed by atoms with Crippen molar-refractivity contribution in [1.29, 1.82) is 5.26 Å². The second-order valence-electron chi connectivity index (χ2n) is 3.53. The predicted octanol–water partition coefficient (Wildman–Crippen LogP) is 2.73. The van der Waals surface area contributed by atoms with Gasteiger partial charge in [-0.1, -0.05) is 23.8 Å². The van der Waals surface area contributed by atoms with E-state index < -0.39 is 0 Å². The average molecular weight is 187 g/mol. The molecule has 0 N–H and O–H groups in total. The van der Waals surface area contributed by atoms with Gasteiger partial charge in [0.15, 0.2) is 5.78 Å². The highest BCUT2D eigenvalue weighted by Gasteiger charge is 2.10. The first-order chi connectivity index (χ1) is 6.63. The summed E-state index contributed by atoms with van der Waals surface area (Å²) < 4.78 is 0. The molecule has 72 valence electrons. The fourth-order valence-electron chi connectivity index (χ4n) is 1.26. The largest absolute Gasteiger partial charge is 0.294 e. The van der Waals surface area contributed by atoms with Crippen LogP contribution in [0.4, 0.5) is 0 Å². The lowest BCUT2D eigenvalue weighted by Crippen LogP contribution is -2.04. The van der Waals surface area contributed by atoms with Crippen molar-refractivity contribution in [2.24, 2.45) is 5.92 Å². The molecule has 0 saturated heterocycles. The molecule has 0 aliphatic carbocycles. The zero-order valence-electron chi connectivity index (χ0n) is 8.45. The molecular weight excluding hydrogens is 174 g/mol. The molecule has 0 fully saturated rings. The average Bonchev–Trinajstić information content (AvgIpc) is 2.17. The van der Waals surface area contributed by atoms with Crippen LogP contribution in [0.15, 0.2) is 24.3 Å². The number of rotatable bonds is 3. The standard InChI is InChI=1S/C12H13NO/c1-9-4-3-5-11(6-9)12(14)7-10(2)8-13/h3-6,10H,7H2,1-2H3. The fourth-order valence-corrected chi connectivity index (χ4v) is 1.26. The molecule has 0 saturated carbocycles. The fraction of sp³-hybridized carbons (Fsp3) is 0.333. The topological polar surface area (TPSA) is 40.9 Å². The Labute approximate surface area is 84.2 Å². The SMILES string of the molecule is Cc1cccc(C(=O)CC(C)C#N)c1. The van der Waals surface area contributed by atoms with Crippen LogP contribution in [0.5, 0.6) is 0 Å². The van der Waals surface area contributed by atoms with E-state index >= 15 is 0 Å². The van der Waals surface area contributed by atoms with Crippen LogP contribution in [0.2, 0.25) is 0 Å². The van der Waals surface area contributed by atoms with Gasteiger partial charge in [-0.2, -0.15) is 5.26 Å². The van der Waals surface area contributed by atoms with Gasteiger partial charge in [0.1, 0.15) is 0 Å². The van der Waals surface area contributed by atoms with Crippen molar-refractivity contribution < 1.29 is 4.79 Å². The Balaban J connectivity index is 2.76. The number of carbonyl (C=O) groups excluding carboxylic acids is 1. The second-order valence-corrected chi connectivity index (χ2v) is 3.53. The minimum absolute atomic E-state index is 0.0442. The summed E-state index contributed by atoms with van der Waals surface area (Å²) in [6.45, 7) is 3.71. The first kappa shape index (κ1) is 10.5. The van der Waals surface area contributed by atoms with Crippen molar-refractivity contribution in [3.63, 3.8) is 0 Å². The van der Waals surface area contributed by atoms with Crippen LogP contribution in [0.1, 0.15) is 29.3 Å². The lowest BCUT2D eigenvalue weighted by Gasteiger charge is -2.02. The normalized spacial score (nSPS) is 11.8. The zero-order valence-corrected chi connectivity index (χ0v) is 8.45. The number of hydrogen-bond acceptors (Lipinski definition) is 2. The van der Waals surface area contributed by atoms with Gasteiger partial charge in [-0.05, 0) is 19.9 Å². The molecule has 0 bridgehead atoms. The van der Waals surface area contributed by atoms with Crippen LogP contribution < -0.4 is 0 Å². The Morgan fingerprint density at radius 3 is 2.86 bits per heavy atom. The summed E-state index contributed by atoms with van der Waals surface area (Å²) >= 11 is 0. The van der Waals surface area contributed by atoms with Crippen molar-refractivity contribution >= 4 is 5.78 Å². The van der Waals surface area contributed by atoms with Crippen LogP contribution in [0, 0.1) is 24.2 Å². The summed E-state index contributed by atoms with van der Waals surface area (Å²) in [5.41, 5.74) is 1.77. The first-order valence-corrected chi connectivity index (χ1v) is 4.63. The number of nitrogens with zero attached hydrogens (tertiary/aromatic N) is 1. The van der Waals surface area contributed by atoms with Gasteiger partial charge in [-0.3, -0.25) is 4.79 Å². The highest BCUT2D eigenvalue weighted by molar-refractivity contribution is 5.96. The maximum atomic E-state index is 11.6. The number of aryl methyl sites for hydroxylation is 1. The molecule has 1 rings (SSSR count). The minimum atomic E-state index is -0.206. The van der Waals surface area contributed by atoms with Gasteiger partial charge in [0, 0.05) is 12.0 Å². The molecule has 1 unspecified atom stereocenters. The third-order valence-corrected chi connectivity index (χ3v) is 2.05. The molecule has 0 spiro atoms. The highest BCUT2D eigenvalue weighted by atomic mass is 16.1. The zero-order chi connectivity index (χ0) is 10.6. The van der Waals surface area contributed by atoms with Gasteiger partial charge in [0.05, 0.1) is 12.0 Å². The van der Waals surface area contributed by atoms with E-state index in [0.29, 0.717) is 12.0 Å². The lowest BCUT2D eigenvalue weighted by molar-refractivity contribution is 0.0972. The van der Waals surface area contributed by atoms with Crippen molar-refractivity contribution in [2.75, 3.05) is 0 Å². The molecule has 2 heteroatoms. The lowest BCUT2D eigenvalue weighted by atomic mass is 10.00. The van der Waals surface area contributed by atoms with Crippen molar-refractivity contribution in [1.82, 2.24) is 0 Å². The number of hydrogen-bond donors (Lipinski definition) is 0. The Bertz CT molecular complexity index is 376. The van der Waals surface area contributed by atoms with Crippen LogP contribution in [0.25, 0.3) is 0 Å². The summed E-state index contributed by atoms with van der Waals surface area (Å²) in [7, 11) is 0. The molecular formula is C12H13NO. The Kier molecular flexibility index (Phi) is 3.41. The minimum Gasteiger partial charge on any atom is -0.294 e. The van der Waals surface area contributed by atoms with E-state index in [-0.39, 0.29) is 11.7 Å². The Morgan fingerprint density at radius 2 is 2.29 bits per heavy atom. The van der Waals surface area contributed by atoms with Gasteiger partial charge < -0.3 is 0 Å². The monoisotopic (exact) mass is 187 g/mol. The molecule has 1 aromatic carbocycles. The van der Waals surface area contributed by atoms with Crippen molar-refractivity contribution in [3.05, 3.63) is 35.4 Å². The molecule has 0 aliphatic rings. The van der Waals surface area contributed by atoms with Crippen molar-refractivity contribution in [3.8, 4) is 6.07 Å². The van der Waals surface area contributed by atoms with E-state index in [1.165, 1.54) is 0 Å². The van der Waals surface area contributed by atoms with Gasteiger partial charge in [-0.15, -0.1) is 0 Å². The Morgan fingerprint density at radius 1 is 1.57 bits per heavy atom. The second kappa shape index (κ2) is 4.57. The summed E-state index contributed by atoms with van der Waals surface area (Å²) in [6.07, 6.45) is 0.306. The molecule has 2 nitrogen and oxygen atoms in total. The maximum absolute atomic E-state index is 11.6. The third-order valence-electron chi connectivity index (χ3n) is 2.05. The van der Waals surface area contributed by atoms with Gasteiger partial charge in [0.25, 0.3) is 0 Å². The molecule has 0 aliphatic heterocycles. The van der Waals surface area contributed by atoms with E-state index in [1.807, 2.05) is 25.1 Å². The van der Waals surface area contributed by atoms with Gasteiger partial charge in [0.2, 0.25) is 0 Å². The molecule has 0 amide bonds. The third kappa shape index (κ3) is 2.70. The molecule has 1 atom stereocenters. The summed E-state index contributed by atoms with van der Waals surface area (Å²) in [5.74, 6) is -0.161. The van der Waals surface area contributed by atoms with E-state index in [2.05, 4.69) is 6.07 Å². The number of nitriles is 1. The molecule has 0 radical (unpaired) electrons. The van der Waals surface area contributed by atoms with Gasteiger partial charge in [-0.25, -0.2) is 0 Å². The molecule has 0 aromatic heterocycles. The van der Waals surface area contributed by atoms with Crippen LogP contribution in [0.3, 0.4) is 0 Å². The number of ketones is 1. The first-order valence-electron chi connectivity index (χ1n) is 4.63. The van der Waals surface area contributed by atoms with Crippen LogP contribution in [-0.2, 0) is 0 Å².